The summed E-state index contributed by atoms with van der Waals surface area (Å²) in [7, 11) is 0. The molecule has 0 fully saturated rings. The minimum atomic E-state index is -0.433. The van der Waals surface area contributed by atoms with E-state index in [1.54, 1.807) is 6.07 Å². The highest BCUT2D eigenvalue weighted by Crippen LogP contribution is 2.27. The molecule has 1 aromatic heterocycles. The molecule has 0 saturated heterocycles. The van der Waals surface area contributed by atoms with Crippen LogP contribution in [-0.4, -0.2) is 11.5 Å². The number of hydrogen-bond acceptors (Lipinski definition) is 5. The molecule has 0 amide bonds. The summed E-state index contributed by atoms with van der Waals surface area (Å²) in [6.07, 6.45) is 0. The molecule has 5 nitrogen and oxygen atoms in total. The molecule has 0 aliphatic heterocycles. The largest absolute Gasteiger partial charge is 0.329 e. The zero-order valence-electron chi connectivity index (χ0n) is 6.27. The van der Waals surface area contributed by atoms with Crippen molar-refractivity contribution in [2.75, 3.05) is 6.54 Å². The third-order valence-corrected chi connectivity index (χ3v) is 2.58. The normalized spacial score (nSPS) is 12.8. The van der Waals surface area contributed by atoms with Crippen LogP contribution in [0.2, 0.25) is 0 Å². The lowest BCUT2D eigenvalue weighted by molar-refractivity contribution is -0.380. The van der Waals surface area contributed by atoms with Crippen molar-refractivity contribution in [3.05, 3.63) is 27.1 Å². The fourth-order valence-electron chi connectivity index (χ4n) is 0.756. The smallest absolute Gasteiger partial charge is 0.324 e. The van der Waals surface area contributed by atoms with Crippen molar-refractivity contribution in [3.8, 4) is 0 Å². The zero-order chi connectivity index (χ0) is 9.14. The molecule has 1 aromatic rings. The molecular formula is C6H9N3O2S. The summed E-state index contributed by atoms with van der Waals surface area (Å²) in [5.74, 6) is 0. The molecule has 6 heteroatoms. The number of nitro groups is 1. The molecule has 1 atom stereocenters. The van der Waals surface area contributed by atoms with E-state index in [0.29, 0.717) is 6.54 Å². The fraction of sp³-hybridized carbons (Fsp3) is 0.333. The van der Waals surface area contributed by atoms with Gasteiger partial charge in [-0.05, 0) is 6.07 Å². The predicted octanol–water partition coefficient (Wildman–Crippen LogP) is 0.615. The van der Waals surface area contributed by atoms with E-state index in [4.69, 9.17) is 11.5 Å². The Morgan fingerprint density at radius 1 is 1.67 bits per heavy atom. The molecule has 12 heavy (non-hydrogen) atoms. The summed E-state index contributed by atoms with van der Waals surface area (Å²) in [6, 6.07) is 2.79. The van der Waals surface area contributed by atoms with Crippen molar-refractivity contribution in [2.45, 2.75) is 6.04 Å². The van der Waals surface area contributed by atoms with Gasteiger partial charge in [-0.15, -0.1) is 0 Å². The molecule has 0 aliphatic rings. The summed E-state index contributed by atoms with van der Waals surface area (Å²) < 4.78 is 0. The summed E-state index contributed by atoms with van der Waals surface area (Å²) in [5.41, 5.74) is 10.9. The summed E-state index contributed by atoms with van der Waals surface area (Å²) in [4.78, 5) is 10.6. The average molecular weight is 187 g/mol. The van der Waals surface area contributed by atoms with Crippen LogP contribution in [0, 0.1) is 10.1 Å². The van der Waals surface area contributed by atoms with Crippen molar-refractivity contribution in [2.24, 2.45) is 11.5 Å². The second kappa shape index (κ2) is 3.61. The zero-order valence-corrected chi connectivity index (χ0v) is 7.08. The lowest BCUT2D eigenvalue weighted by Gasteiger charge is -2.02. The van der Waals surface area contributed by atoms with Crippen LogP contribution in [0.3, 0.4) is 0 Å². The Morgan fingerprint density at radius 3 is 2.75 bits per heavy atom. The number of nitrogens with zero attached hydrogens (tertiary/aromatic N) is 1. The van der Waals surface area contributed by atoms with Crippen LogP contribution in [0.25, 0.3) is 0 Å². The van der Waals surface area contributed by atoms with Gasteiger partial charge in [-0.1, -0.05) is 11.3 Å². The van der Waals surface area contributed by atoms with Crippen molar-refractivity contribution < 1.29 is 4.92 Å². The number of hydrogen-bond donors (Lipinski definition) is 2. The Bertz CT molecular complexity index is 286. The second-order valence-corrected chi connectivity index (χ2v) is 3.37. The first kappa shape index (κ1) is 9.11. The topological polar surface area (TPSA) is 95.2 Å². The first-order chi connectivity index (χ1) is 5.65. The molecule has 4 N–H and O–H groups in total. The van der Waals surface area contributed by atoms with Crippen LogP contribution < -0.4 is 11.5 Å². The SMILES string of the molecule is NC[C@H](N)c1ccc([N+](=O)[O-])s1. The van der Waals surface area contributed by atoms with E-state index in [0.717, 1.165) is 16.2 Å². The van der Waals surface area contributed by atoms with E-state index >= 15 is 0 Å². The van der Waals surface area contributed by atoms with Crippen LogP contribution >= 0.6 is 11.3 Å². The Kier molecular flexibility index (Phi) is 2.74. The minimum absolute atomic E-state index is 0.105. The van der Waals surface area contributed by atoms with Gasteiger partial charge in [-0.2, -0.15) is 0 Å². The van der Waals surface area contributed by atoms with Crippen molar-refractivity contribution in [3.63, 3.8) is 0 Å². The molecule has 0 bridgehead atoms. The van der Waals surface area contributed by atoms with Crippen LogP contribution in [0.1, 0.15) is 10.9 Å². The molecule has 0 spiro atoms. The second-order valence-electron chi connectivity index (χ2n) is 2.28. The van der Waals surface area contributed by atoms with Gasteiger partial charge in [0.1, 0.15) is 0 Å². The Labute approximate surface area is 73.1 Å². The third-order valence-electron chi connectivity index (χ3n) is 1.41. The van der Waals surface area contributed by atoms with Gasteiger partial charge in [0, 0.05) is 17.5 Å². The van der Waals surface area contributed by atoms with E-state index in [-0.39, 0.29) is 11.0 Å². The van der Waals surface area contributed by atoms with Crippen molar-refractivity contribution in [1.29, 1.82) is 0 Å². The molecule has 0 aromatic carbocycles. The van der Waals surface area contributed by atoms with E-state index in [1.807, 2.05) is 0 Å². The molecule has 0 radical (unpaired) electrons. The summed E-state index contributed by atoms with van der Waals surface area (Å²) in [6.45, 7) is 0.303. The van der Waals surface area contributed by atoms with E-state index < -0.39 is 4.92 Å². The number of thiophene rings is 1. The predicted molar refractivity (Wildman–Crippen MR) is 47.0 cm³/mol. The molecule has 1 heterocycles. The van der Waals surface area contributed by atoms with Crippen molar-refractivity contribution >= 4 is 16.3 Å². The summed E-state index contributed by atoms with van der Waals surface area (Å²) >= 11 is 1.07. The van der Waals surface area contributed by atoms with Gasteiger partial charge in [0.15, 0.2) is 0 Å². The maximum absolute atomic E-state index is 10.3. The highest BCUT2D eigenvalue weighted by atomic mass is 32.1. The van der Waals surface area contributed by atoms with Gasteiger partial charge >= 0.3 is 5.00 Å². The Balaban J connectivity index is 2.84. The number of nitrogens with two attached hydrogens (primary N) is 2. The van der Waals surface area contributed by atoms with Gasteiger partial charge in [-0.3, -0.25) is 10.1 Å². The highest BCUT2D eigenvalue weighted by molar-refractivity contribution is 7.15. The van der Waals surface area contributed by atoms with E-state index in [9.17, 15) is 10.1 Å². The van der Waals surface area contributed by atoms with Gasteiger partial charge in [0.05, 0.1) is 11.0 Å². The maximum atomic E-state index is 10.3. The van der Waals surface area contributed by atoms with E-state index in [1.165, 1.54) is 6.07 Å². The first-order valence-corrected chi connectivity index (χ1v) is 4.16. The molecular weight excluding hydrogens is 178 g/mol. The van der Waals surface area contributed by atoms with Crippen LogP contribution in [0.5, 0.6) is 0 Å². The average Bonchev–Trinajstić information content (AvgIpc) is 2.51. The molecule has 1 rings (SSSR count). The minimum Gasteiger partial charge on any atom is -0.329 e. The Hall–Kier alpha value is -0.980. The van der Waals surface area contributed by atoms with Gasteiger partial charge in [-0.25, -0.2) is 0 Å². The maximum Gasteiger partial charge on any atom is 0.324 e. The molecule has 0 saturated carbocycles. The third kappa shape index (κ3) is 1.79. The number of rotatable bonds is 3. The van der Waals surface area contributed by atoms with Gasteiger partial charge in [0.25, 0.3) is 0 Å². The highest BCUT2D eigenvalue weighted by Gasteiger charge is 2.13. The van der Waals surface area contributed by atoms with Gasteiger partial charge in [0.2, 0.25) is 0 Å². The van der Waals surface area contributed by atoms with Crippen LogP contribution in [0.15, 0.2) is 12.1 Å². The van der Waals surface area contributed by atoms with Crippen LogP contribution in [-0.2, 0) is 0 Å². The monoisotopic (exact) mass is 187 g/mol. The van der Waals surface area contributed by atoms with Gasteiger partial charge < -0.3 is 11.5 Å². The molecule has 0 unspecified atom stereocenters. The molecule has 66 valence electrons. The first-order valence-electron chi connectivity index (χ1n) is 3.35. The summed E-state index contributed by atoms with van der Waals surface area (Å²) in [5, 5.41) is 10.4. The van der Waals surface area contributed by atoms with E-state index in [2.05, 4.69) is 0 Å². The lowest BCUT2D eigenvalue weighted by atomic mass is 10.3. The standard InChI is InChI=1S/C6H9N3O2S/c7-3-4(8)5-1-2-6(12-5)9(10)11/h1-2,4H,3,7-8H2/t4-/m0/s1. The molecule has 0 aliphatic carbocycles. The van der Waals surface area contributed by atoms with Crippen LogP contribution in [0.4, 0.5) is 5.00 Å². The Morgan fingerprint density at radius 2 is 2.33 bits per heavy atom. The lowest BCUT2D eigenvalue weighted by Crippen LogP contribution is -2.19. The van der Waals surface area contributed by atoms with Crippen molar-refractivity contribution in [1.82, 2.24) is 0 Å². The quantitative estimate of drug-likeness (QED) is 0.535. The fourth-order valence-corrected chi connectivity index (χ4v) is 1.59.